The van der Waals surface area contributed by atoms with Gasteiger partial charge in [0.25, 0.3) is 5.56 Å². The van der Waals surface area contributed by atoms with Gasteiger partial charge in [0.2, 0.25) is 0 Å². The Balaban J connectivity index is 0. The van der Waals surface area contributed by atoms with Crippen molar-refractivity contribution in [2.24, 2.45) is 5.73 Å². The molecule has 1 saturated heterocycles. The molecule has 10 nitrogen and oxygen atoms in total. The van der Waals surface area contributed by atoms with Crippen LogP contribution in [0.3, 0.4) is 0 Å². The van der Waals surface area contributed by atoms with Crippen LogP contribution in [0.4, 0.5) is 0 Å². The number of carbonyl (C=O) groups is 1. The van der Waals surface area contributed by atoms with Crippen molar-refractivity contribution in [3.63, 3.8) is 0 Å². The molecule has 2 rings (SSSR count). The fraction of sp³-hybridized carbons (Fsp3) is 0.706. The minimum absolute atomic E-state index is 0.135. The number of ether oxygens (including phenoxy) is 2. The number of nitrogens with one attached hydrogen (secondary N) is 1. The topological polar surface area (TPSA) is 160 Å². The molecule has 11 heteroatoms. The highest BCUT2D eigenvalue weighted by molar-refractivity contribution is 7.71. The van der Waals surface area contributed by atoms with Crippen LogP contribution in [0.2, 0.25) is 0 Å². The molecule has 0 bridgehead atoms. The van der Waals surface area contributed by atoms with Gasteiger partial charge in [-0.1, -0.05) is 20.3 Å². The summed E-state index contributed by atoms with van der Waals surface area (Å²) in [5, 5.41) is 23.1. The van der Waals surface area contributed by atoms with Crippen molar-refractivity contribution in [2.75, 3.05) is 27.4 Å². The number of esters is 1. The predicted octanol–water partition coefficient (Wildman–Crippen LogP) is 0.211. The minimum Gasteiger partial charge on any atom is -0.462 e. The molecule has 1 aromatic rings. The average Bonchev–Trinajstić information content (AvgIpc) is 3.18. The van der Waals surface area contributed by atoms with E-state index < -0.39 is 11.5 Å². The lowest BCUT2D eigenvalue weighted by atomic mass is 10.2. The maximum atomic E-state index is 11.5. The summed E-state index contributed by atoms with van der Waals surface area (Å²) in [6, 6.07) is 0. The summed E-state index contributed by atoms with van der Waals surface area (Å²) in [6.07, 6.45) is 3.49. The maximum absolute atomic E-state index is 11.5. The fourth-order valence-electron chi connectivity index (χ4n) is 2.11. The van der Waals surface area contributed by atoms with E-state index in [1.807, 2.05) is 0 Å². The molecule has 0 saturated carbocycles. The summed E-state index contributed by atoms with van der Waals surface area (Å²) >= 11 is 5.09. The number of aliphatic hydroxyl groups excluding tert-OH is 3. The van der Waals surface area contributed by atoms with Crippen molar-refractivity contribution in [3.05, 3.63) is 26.9 Å². The van der Waals surface area contributed by atoms with Crippen LogP contribution < -0.4 is 11.3 Å². The first-order valence-electron chi connectivity index (χ1n) is 8.82. The molecule has 2 heterocycles. The van der Waals surface area contributed by atoms with Gasteiger partial charge in [-0.05, 0) is 25.1 Å². The van der Waals surface area contributed by atoms with E-state index in [4.69, 9.17) is 42.7 Å². The Morgan fingerprint density at radius 1 is 1.36 bits per heavy atom. The van der Waals surface area contributed by atoms with Crippen LogP contribution in [0.15, 0.2) is 11.0 Å². The lowest BCUT2D eigenvalue weighted by Gasteiger charge is -2.17. The Morgan fingerprint density at radius 3 is 2.43 bits per heavy atom. The van der Waals surface area contributed by atoms with Crippen molar-refractivity contribution in [1.29, 1.82) is 0 Å². The Bertz CT molecular complexity index is 648. The van der Waals surface area contributed by atoms with Crippen LogP contribution in [0.25, 0.3) is 0 Å². The second kappa shape index (κ2) is 17.5. The molecular formula is C17H33N3O7S. The van der Waals surface area contributed by atoms with Crippen LogP contribution in [0, 0.1) is 4.77 Å². The zero-order chi connectivity index (χ0) is 22.1. The normalized spacial score (nSPS) is 17.1. The molecule has 0 radical (unpaired) electrons. The van der Waals surface area contributed by atoms with Crippen molar-refractivity contribution in [1.82, 2.24) is 9.55 Å². The standard InChI is InChI=1S/C12H17N3O5S.C3H8.2CH4O/c13-3-10(17)19-6-8-1-2-9(20-8)15-4-7(5-16)11(18)14-12(15)21;1-3-2;2*1-2/h4,8-9,16H,1-3,5-6,13H2,(H,14,18,21);3H2,1-2H3;2*2H,1H3. The van der Waals surface area contributed by atoms with E-state index in [-0.39, 0.29) is 42.4 Å². The first kappa shape index (κ1) is 28.6. The van der Waals surface area contributed by atoms with Crippen LogP contribution in [0.1, 0.15) is 44.9 Å². The largest absolute Gasteiger partial charge is 0.462 e. The van der Waals surface area contributed by atoms with E-state index >= 15 is 0 Å². The summed E-state index contributed by atoms with van der Waals surface area (Å²) in [4.78, 5) is 25.0. The number of hydrogen-bond acceptors (Lipinski definition) is 9. The maximum Gasteiger partial charge on any atom is 0.319 e. The highest BCUT2D eigenvalue weighted by atomic mass is 32.1. The van der Waals surface area contributed by atoms with Crippen LogP contribution >= 0.6 is 12.2 Å². The zero-order valence-electron chi connectivity index (χ0n) is 16.9. The molecule has 1 aromatic heterocycles. The SMILES string of the molecule is CCC.CO.CO.NCC(=O)OCC1CCC(n2cc(CO)c(=O)[nH]c2=S)O1. The lowest BCUT2D eigenvalue weighted by molar-refractivity contribution is -0.146. The Labute approximate surface area is 169 Å². The van der Waals surface area contributed by atoms with Crippen LogP contribution in [-0.2, 0) is 20.9 Å². The number of aromatic nitrogens is 2. The average molecular weight is 424 g/mol. The van der Waals surface area contributed by atoms with E-state index in [9.17, 15) is 9.59 Å². The molecule has 0 aromatic carbocycles. The zero-order valence-corrected chi connectivity index (χ0v) is 17.7. The van der Waals surface area contributed by atoms with Crippen molar-refractivity contribution in [3.8, 4) is 0 Å². The van der Waals surface area contributed by atoms with Gasteiger partial charge >= 0.3 is 5.97 Å². The monoisotopic (exact) mass is 423 g/mol. The third-order valence-electron chi connectivity index (χ3n) is 3.20. The molecule has 0 aliphatic carbocycles. The van der Waals surface area contributed by atoms with Gasteiger partial charge in [0.15, 0.2) is 4.77 Å². The fourth-order valence-corrected chi connectivity index (χ4v) is 2.38. The molecular weight excluding hydrogens is 390 g/mol. The Kier molecular flexibility index (Phi) is 17.8. The molecule has 164 valence electrons. The summed E-state index contributed by atoms with van der Waals surface area (Å²) in [6.45, 7) is 3.84. The van der Waals surface area contributed by atoms with Gasteiger partial charge in [-0.2, -0.15) is 0 Å². The molecule has 1 fully saturated rings. The van der Waals surface area contributed by atoms with Gasteiger partial charge < -0.3 is 30.5 Å². The Morgan fingerprint density at radius 2 is 1.93 bits per heavy atom. The number of aliphatic hydroxyl groups is 3. The van der Waals surface area contributed by atoms with Crippen LogP contribution in [0.5, 0.6) is 0 Å². The van der Waals surface area contributed by atoms with E-state index in [0.29, 0.717) is 12.8 Å². The summed E-state index contributed by atoms with van der Waals surface area (Å²) in [5.41, 5.74) is 4.95. The quantitative estimate of drug-likeness (QED) is 0.329. The molecule has 28 heavy (non-hydrogen) atoms. The van der Waals surface area contributed by atoms with Gasteiger partial charge in [0.05, 0.1) is 24.8 Å². The number of carbonyl (C=O) groups excluding carboxylic acids is 1. The third-order valence-corrected chi connectivity index (χ3v) is 3.52. The second-order valence-electron chi connectivity index (χ2n) is 5.36. The molecule has 2 unspecified atom stereocenters. The van der Waals surface area contributed by atoms with Crippen molar-refractivity contribution in [2.45, 2.75) is 52.0 Å². The summed E-state index contributed by atoms with van der Waals surface area (Å²) < 4.78 is 12.5. The number of rotatable bonds is 5. The highest BCUT2D eigenvalue weighted by Crippen LogP contribution is 2.28. The summed E-state index contributed by atoms with van der Waals surface area (Å²) in [7, 11) is 2.00. The first-order chi connectivity index (χ1) is 13.5. The van der Waals surface area contributed by atoms with E-state index in [0.717, 1.165) is 14.2 Å². The third kappa shape index (κ3) is 10.1. The minimum atomic E-state index is -0.481. The van der Waals surface area contributed by atoms with E-state index in [1.165, 1.54) is 12.6 Å². The van der Waals surface area contributed by atoms with E-state index in [2.05, 4.69) is 18.8 Å². The lowest BCUT2D eigenvalue weighted by Crippen LogP contribution is -2.24. The number of H-pyrrole nitrogens is 1. The predicted molar refractivity (Wildman–Crippen MR) is 107 cm³/mol. The number of nitrogens with two attached hydrogens (primary N) is 1. The first-order valence-corrected chi connectivity index (χ1v) is 9.23. The molecule has 1 aliphatic heterocycles. The molecule has 1 aliphatic rings. The van der Waals surface area contributed by atoms with Gasteiger partial charge in [-0.25, -0.2) is 0 Å². The highest BCUT2D eigenvalue weighted by Gasteiger charge is 2.28. The van der Waals surface area contributed by atoms with Gasteiger partial charge in [-0.15, -0.1) is 0 Å². The van der Waals surface area contributed by atoms with Crippen molar-refractivity contribution >= 4 is 18.2 Å². The van der Waals surface area contributed by atoms with Crippen molar-refractivity contribution < 1.29 is 29.6 Å². The number of hydrogen-bond donors (Lipinski definition) is 5. The Hall–Kier alpha value is -1.63. The van der Waals surface area contributed by atoms with Crippen LogP contribution in [-0.4, -0.2) is 64.3 Å². The molecule has 0 spiro atoms. The van der Waals surface area contributed by atoms with E-state index in [1.54, 1.807) is 4.57 Å². The van der Waals surface area contributed by atoms with Gasteiger partial charge in [0, 0.05) is 20.4 Å². The summed E-state index contributed by atoms with van der Waals surface area (Å²) in [5.74, 6) is -0.481. The van der Waals surface area contributed by atoms with Gasteiger partial charge in [0.1, 0.15) is 12.8 Å². The molecule has 0 amide bonds. The second-order valence-corrected chi connectivity index (χ2v) is 5.75. The van der Waals surface area contributed by atoms with Gasteiger partial charge in [-0.3, -0.25) is 19.1 Å². The smallest absolute Gasteiger partial charge is 0.319 e. The number of nitrogens with zero attached hydrogens (tertiary/aromatic N) is 1. The number of aromatic amines is 1. The molecule has 6 N–H and O–H groups in total. The molecule has 2 atom stereocenters.